The first kappa shape index (κ1) is 17.4. The Bertz CT molecular complexity index is 697. The average Bonchev–Trinajstić information content (AvgIpc) is 2.54. The summed E-state index contributed by atoms with van der Waals surface area (Å²) in [6, 6.07) is 11.2. The third-order valence-electron chi connectivity index (χ3n) is 3.46. The molecule has 0 aliphatic heterocycles. The van der Waals surface area contributed by atoms with Crippen LogP contribution in [0, 0.1) is 13.8 Å². The highest BCUT2D eigenvalue weighted by molar-refractivity contribution is 8.12. The SMILES string of the molecule is CSC(=O)Oc1cccc(CO)c1COc1ccc(C)cc1C. The molecular formula is C18H20O4S. The number of thioether (sulfide) groups is 1. The zero-order valence-corrected chi connectivity index (χ0v) is 14.3. The molecule has 0 unspecified atom stereocenters. The van der Waals surface area contributed by atoms with E-state index in [0.29, 0.717) is 16.9 Å². The Balaban J connectivity index is 2.24. The second-order valence-corrected chi connectivity index (χ2v) is 5.91. The van der Waals surface area contributed by atoms with Crippen molar-refractivity contribution in [2.75, 3.05) is 6.26 Å². The van der Waals surface area contributed by atoms with Gasteiger partial charge in [0, 0.05) is 5.56 Å². The number of hydrogen-bond donors (Lipinski definition) is 1. The Morgan fingerprint density at radius 1 is 1.17 bits per heavy atom. The predicted octanol–water partition coefficient (Wildman–Crippen LogP) is 4.24. The Labute approximate surface area is 140 Å². The molecule has 0 heterocycles. The van der Waals surface area contributed by atoms with Crippen LogP contribution in [0.4, 0.5) is 4.79 Å². The van der Waals surface area contributed by atoms with Gasteiger partial charge in [0.15, 0.2) is 0 Å². The molecule has 0 aromatic heterocycles. The van der Waals surface area contributed by atoms with Crippen molar-refractivity contribution in [3.63, 3.8) is 0 Å². The number of carbonyl (C=O) groups is 1. The first-order chi connectivity index (χ1) is 11.0. The molecule has 0 aliphatic carbocycles. The van der Waals surface area contributed by atoms with E-state index in [4.69, 9.17) is 9.47 Å². The zero-order chi connectivity index (χ0) is 16.8. The van der Waals surface area contributed by atoms with Gasteiger partial charge in [0.1, 0.15) is 18.1 Å². The van der Waals surface area contributed by atoms with Crippen LogP contribution in [0.15, 0.2) is 36.4 Å². The second kappa shape index (κ2) is 8.04. The van der Waals surface area contributed by atoms with Crippen LogP contribution in [0.3, 0.4) is 0 Å². The minimum Gasteiger partial charge on any atom is -0.488 e. The monoisotopic (exact) mass is 332 g/mol. The first-order valence-electron chi connectivity index (χ1n) is 7.22. The Kier molecular flexibility index (Phi) is 6.07. The van der Waals surface area contributed by atoms with Crippen LogP contribution in [0.5, 0.6) is 11.5 Å². The fourth-order valence-corrected chi connectivity index (χ4v) is 2.43. The van der Waals surface area contributed by atoms with Gasteiger partial charge in [-0.15, -0.1) is 0 Å². The minimum atomic E-state index is -0.396. The predicted molar refractivity (Wildman–Crippen MR) is 92.2 cm³/mol. The lowest BCUT2D eigenvalue weighted by Gasteiger charge is -2.15. The van der Waals surface area contributed by atoms with Gasteiger partial charge in [0.05, 0.1) is 6.61 Å². The van der Waals surface area contributed by atoms with Crippen LogP contribution < -0.4 is 9.47 Å². The third kappa shape index (κ3) is 4.50. The lowest BCUT2D eigenvalue weighted by atomic mass is 10.1. The summed E-state index contributed by atoms with van der Waals surface area (Å²) in [4.78, 5) is 11.5. The molecular weight excluding hydrogens is 312 g/mol. The number of rotatable bonds is 5. The quantitative estimate of drug-likeness (QED) is 0.830. The van der Waals surface area contributed by atoms with E-state index >= 15 is 0 Å². The lowest BCUT2D eigenvalue weighted by Crippen LogP contribution is -2.08. The normalized spacial score (nSPS) is 10.4. The highest BCUT2D eigenvalue weighted by Crippen LogP contribution is 2.27. The first-order valence-corrected chi connectivity index (χ1v) is 8.45. The van der Waals surface area contributed by atoms with E-state index in [1.54, 1.807) is 24.5 Å². The van der Waals surface area contributed by atoms with Gasteiger partial charge in [-0.1, -0.05) is 29.8 Å². The molecule has 0 amide bonds. The van der Waals surface area contributed by atoms with Crippen LogP contribution in [-0.4, -0.2) is 16.7 Å². The molecule has 5 heteroatoms. The number of aliphatic hydroxyl groups excluding tert-OH is 1. The molecule has 2 aromatic rings. The van der Waals surface area contributed by atoms with Gasteiger partial charge in [-0.25, -0.2) is 4.79 Å². The van der Waals surface area contributed by atoms with Crippen molar-refractivity contribution < 1.29 is 19.4 Å². The molecule has 0 bridgehead atoms. The summed E-state index contributed by atoms with van der Waals surface area (Å²) in [5.74, 6) is 1.19. The molecule has 0 saturated heterocycles. The maximum Gasteiger partial charge on any atom is 0.372 e. The Hall–Kier alpha value is -1.98. The second-order valence-electron chi connectivity index (χ2n) is 5.17. The highest BCUT2D eigenvalue weighted by atomic mass is 32.2. The largest absolute Gasteiger partial charge is 0.488 e. The van der Waals surface area contributed by atoms with Crippen LogP contribution in [0.2, 0.25) is 0 Å². The van der Waals surface area contributed by atoms with Gasteiger partial charge in [0.2, 0.25) is 0 Å². The van der Waals surface area contributed by atoms with Crippen LogP contribution in [-0.2, 0) is 13.2 Å². The topological polar surface area (TPSA) is 55.8 Å². The smallest absolute Gasteiger partial charge is 0.372 e. The fraction of sp³-hybridized carbons (Fsp3) is 0.278. The summed E-state index contributed by atoms with van der Waals surface area (Å²) in [5, 5.41) is 9.13. The van der Waals surface area contributed by atoms with Crippen molar-refractivity contribution in [2.45, 2.75) is 27.1 Å². The summed E-state index contributed by atoms with van der Waals surface area (Å²) >= 11 is 0.996. The summed E-state index contributed by atoms with van der Waals surface area (Å²) in [6.07, 6.45) is 1.66. The molecule has 0 radical (unpaired) electrons. The number of aliphatic hydroxyl groups is 1. The third-order valence-corrected chi connectivity index (χ3v) is 3.88. The van der Waals surface area contributed by atoms with Crippen molar-refractivity contribution >= 4 is 17.1 Å². The molecule has 122 valence electrons. The zero-order valence-electron chi connectivity index (χ0n) is 13.5. The lowest BCUT2D eigenvalue weighted by molar-refractivity contribution is 0.224. The van der Waals surface area contributed by atoms with E-state index in [9.17, 15) is 9.90 Å². The minimum absolute atomic E-state index is 0.143. The van der Waals surface area contributed by atoms with Gasteiger partial charge < -0.3 is 14.6 Å². The number of carbonyl (C=O) groups excluding carboxylic acids is 1. The molecule has 0 aliphatic rings. The van der Waals surface area contributed by atoms with Gasteiger partial charge >= 0.3 is 5.30 Å². The van der Waals surface area contributed by atoms with Gasteiger partial charge in [-0.3, -0.25) is 0 Å². The van der Waals surface area contributed by atoms with E-state index in [1.807, 2.05) is 32.0 Å². The van der Waals surface area contributed by atoms with E-state index in [0.717, 1.165) is 23.1 Å². The number of aryl methyl sites for hydroxylation is 2. The molecule has 4 nitrogen and oxygen atoms in total. The molecule has 1 N–H and O–H groups in total. The fourth-order valence-electron chi connectivity index (χ4n) is 2.26. The Morgan fingerprint density at radius 2 is 1.96 bits per heavy atom. The standard InChI is InChI=1S/C18H20O4S/c1-12-7-8-16(13(2)9-12)21-11-15-14(10-19)5-4-6-17(15)22-18(20)23-3/h4-9,19H,10-11H2,1-3H3. The van der Waals surface area contributed by atoms with E-state index in [1.165, 1.54) is 5.56 Å². The van der Waals surface area contributed by atoms with Crippen molar-refractivity contribution in [1.82, 2.24) is 0 Å². The summed E-state index contributed by atoms with van der Waals surface area (Å²) in [7, 11) is 0. The molecule has 2 rings (SSSR count). The van der Waals surface area contributed by atoms with E-state index < -0.39 is 5.30 Å². The number of hydrogen-bond acceptors (Lipinski definition) is 5. The van der Waals surface area contributed by atoms with Crippen molar-refractivity contribution in [3.8, 4) is 11.5 Å². The van der Waals surface area contributed by atoms with Crippen LogP contribution in [0.25, 0.3) is 0 Å². The van der Waals surface area contributed by atoms with E-state index in [-0.39, 0.29) is 13.2 Å². The maximum absolute atomic E-state index is 11.5. The molecule has 0 fully saturated rings. The van der Waals surface area contributed by atoms with Crippen molar-refractivity contribution in [1.29, 1.82) is 0 Å². The molecule has 0 atom stereocenters. The van der Waals surface area contributed by atoms with Gasteiger partial charge in [-0.2, -0.15) is 0 Å². The average molecular weight is 332 g/mol. The maximum atomic E-state index is 11.5. The number of benzene rings is 2. The van der Waals surface area contributed by atoms with Gasteiger partial charge in [-0.05, 0) is 55.1 Å². The summed E-state index contributed by atoms with van der Waals surface area (Å²) < 4.78 is 11.2. The molecule has 0 spiro atoms. The molecule has 23 heavy (non-hydrogen) atoms. The van der Waals surface area contributed by atoms with Crippen LogP contribution >= 0.6 is 11.8 Å². The summed E-state index contributed by atoms with van der Waals surface area (Å²) in [5.41, 5.74) is 3.56. The van der Waals surface area contributed by atoms with E-state index in [2.05, 4.69) is 0 Å². The Morgan fingerprint density at radius 3 is 2.61 bits per heavy atom. The highest BCUT2D eigenvalue weighted by Gasteiger charge is 2.13. The van der Waals surface area contributed by atoms with Crippen molar-refractivity contribution in [2.24, 2.45) is 0 Å². The van der Waals surface area contributed by atoms with Crippen molar-refractivity contribution in [3.05, 3.63) is 58.7 Å². The van der Waals surface area contributed by atoms with Gasteiger partial charge in [0.25, 0.3) is 0 Å². The van der Waals surface area contributed by atoms with Crippen LogP contribution in [0.1, 0.15) is 22.3 Å². The molecule has 0 saturated carbocycles. The number of ether oxygens (including phenoxy) is 2. The summed E-state index contributed by atoms with van der Waals surface area (Å²) in [6.45, 7) is 4.08. The molecule has 2 aromatic carbocycles.